The van der Waals surface area contributed by atoms with Gasteiger partial charge in [-0.1, -0.05) is 30.3 Å². The number of nitrogens with zero attached hydrogens (tertiary/aromatic N) is 1. The second-order valence-corrected chi connectivity index (χ2v) is 6.26. The average Bonchev–Trinajstić information content (AvgIpc) is 3.38. The van der Waals surface area contributed by atoms with E-state index in [2.05, 4.69) is 12.1 Å². The van der Waals surface area contributed by atoms with Crippen LogP contribution in [0.25, 0.3) is 0 Å². The van der Waals surface area contributed by atoms with Crippen LogP contribution in [0.1, 0.15) is 28.8 Å². The maximum atomic E-state index is 12.7. The Morgan fingerprint density at radius 1 is 1.10 bits per heavy atom. The molecule has 0 spiro atoms. The van der Waals surface area contributed by atoms with Crippen LogP contribution in [0.4, 0.5) is 0 Å². The molecule has 1 saturated carbocycles. The molecule has 1 aliphatic rings. The van der Waals surface area contributed by atoms with Gasteiger partial charge in [-0.15, -0.1) is 11.8 Å². The number of hydrogen-bond donors (Lipinski definition) is 0. The topological polar surface area (TPSA) is 20.3 Å². The molecule has 3 rings (SSSR count). The Hall–Kier alpha value is -1.74. The van der Waals surface area contributed by atoms with Crippen molar-refractivity contribution in [3.63, 3.8) is 0 Å². The molecule has 0 bridgehead atoms. The van der Waals surface area contributed by atoms with Crippen LogP contribution in [0.3, 0.4) is 0 Å². The first-order valence-electron chi connectivity index (χ1n) is 7.27. The van der Waals surface area contributed by atoms with Crippen molar-refractivity contribution >= 4 is 17.7 Å². The molecule has 0 heterocycles. The molecule has 21 heavy (non-hydrogen) atoms. The Morgan fingerprint density at radius 3 is 2.33 bits per heavy atom. The second kappa shape index (κ2) is 6.35. The minimum atomic E-state index is 0.147. The highest BCUT2D eigenvalue weighted by atomic mass is 32.2. The summed E-state index contributed by atoms with van der Waals surface area (Å²) < 4.78 is 0. The lowest BCUT2D eigenvalue weighted by Crippen LogP contribution is -2.32. The summed E-state index contributed by atoms with van der Waals surface area (Å²) in [6.45, 7) is 0.703. The predicted molar refractivity (Wildman–Crippen MR) is 87.6 cm³/mol. The van der Waals surface area contributed by atoms with Gasteiger partial charge in [0.2, 0.25) is 0 Å². The molecule has 1 fully saturated rings. The quantitative estimate of drug-likeness (QED) is 0.770. The molecule has 0 atom stereocenters. The largest absolute Gasteiger partial charge is 0.331 e. The Balaban J connectivity index is 1.78. The van der Waals surface area contributed by atoms with Gasteiger partial charge in [0.15, 0.2) is 0 Å². The van der Waals surface area contributed by atoms with Gasteiger partial charge in [0.25, 0.3) is 5.91 Å². The number of amides is 1. The minimum absolute atomic E-state index is 0.147. The average molecular weight is 297 g/mol. The summed E-state index contributed by atoms with van der Waals surface area (Å²) in [4.78, 5) is 16.0. The van der Waals surface area contributed by atoms with Gasteiger partial charge in [-0.05, 0) is 48.9 Å². The third kappa shape index (κ3) is 3.48. The highest BCUT2D eigenvalue weighted by molar-refractivity contribution is 7.98. The molecule has 0 radical (unpaired) electrons. The monoisotopic (exact) mass is 297 g/mol. The molecule has 0 N–H and O–H groups in total. The van der Waals surface area contributed by atoms with Crippen molar-refractivity contribution in [2.45, 2.75) is 30.3 Å². The fraction of sp³-hybridized carbons (Fsp3) is 0.278. The minimum Gasteiger partial charge on any atom is -0.331 e. The van der Waals surface area contributed by atoms with E-state index >= 15 is 0 Å². The number of benzene rings is 2. The van der Waals surface area contributed by atoms with Gasteiger partial charge in [0.1, 0.15) is 0 Å². The van der Waals surface area contributed by atoms with Gasteiger partial charge in [-0.3, -0.25) is 4.79 Å². The van der Waals surface area contributed by atoms with Crippen LogP contribution in [0.15, 0.2) is 59.5 Å². The van der Waals surface area contributed by atoms with Crippen LogP contribution in [0.5, 0.6) is 0 Å². The Bertz CT molecular complexity index is 605. The smallest absolute Gasteiger partial charge is 0.254 e. The normalized spacial score (nSPS) is 14.0. The summed E-state index contributed by atoms with van der Waals surface area (Å²) >= 11 is 1.69. The van der Waals surface area contributed by atoms with E-state index in [1.54, 1.807) is 11.8 Å². The van der Waals surface area contributed by atoms with E-state index in [1.165, 1.54) is 10.5 Å². The van der Waals surface area contributed by atoms with Crippen LogP contribution in [-0.4, -0.2) is 23.1 Å². The van der Waals surface area contributed by atoms with Gasteiger partial charge in [0.05, 0.1) is 0 Å². The highest BCUT2D eigenvalue weighted by Crippen LogP contribution is 2.30. The van der Waals surface area contributed by atoms with Gasteiger partial charge < -0.3 is 4.90 Å². The zero-order valence-electron chi connectivity index (χ0n) is 12.2. The zero-order chi connectivity index (χ0) is 14.7. The van der Waals surface area contributed by atoms with Crippen LogP contribution in [-0.2, 0) is 6.54 Å². The highest BCUT2D eigenvalue weighted by Gasteiger charge is 2.32. The lowest BCUT2D eigenvalue weighted by Gasteiger charge is -2.22. The van der Waals surface area contributed by atoms with Crippen molar-refractivity contribution in [2.24, 2.45) is 0 Å². The van der Waals surface area contributed by atoms with Crippen LogP contribution in [0, 0.1) is 0 Å². The zero-order valence-corrected chi connectivity index (χ0v) is 13.0. The summed E-state index contributed by atoms with van der Waals surface area (Å²) in [6, 6.07) is 18.6. The van der Waals surface area contributed by atoms with Crippen LogP contribution < -0.4 is 0 Å². The lowest BCUT2D eigenvalue weighted by atomic mass is 10.1. The number of hydrogen-bond acceptors (Lipinski definition) is 2. The summed E-state index contributed by atoms with van der Waals surface area (Å²) in [6.07, 6.45) is 4.30. The van der Waals surface area contributed by atoms with Crippen LogP contribution in [0.2, 0.25) is 0 Å². The van der Waals surface area contributed by atoms with Gasteiger partial charge in [-0.25, -0.2) is 0 Å². The molecule has 1 amide bonds. The number of carbonyl (C=O) groups excluding carboxylic acids is 1. The fourth-order valence-electron chi connectivity index (χ4n) is 2.43. The van der Waals surface area contributed by atoms with E-state index in [1.807, 2.05) is 53.6 Å². The molecule has 1 aliphatic carbocycles. The molecule has 0 unspecified atom stereocenters. The molecule has 0 aromatic heterocycles. The molecule has 2 nitrogen and oxygen atoms in total. The van der Waals surface area contributed by atoms with Crippen LogP contribution >= 0.6 is 11.8 Å². The molecule has 2 aromatic carbocycles. The fourth-order valence-corrected chi connectivity index (χ4v) is 2.84. The van der Waals surface area contributed by atoms with Gasteiger partial charge in [-0.2, -0.15) is 0 Å². The van der Waals surface area contributed by atoms with E-state index in [9.17, 15) is 4.79 Å². The molecule has 2 aromatic rings. The second-order valence-electron chi connectivity index (χ2n) is 5.38. The SMILES string of the molecule is CSc1ccc(C(=O)N(Cc2ccccc2)C2CC2)cc1. The van der Waals surface area contributed by atoms with Crippen molar-refractivity contribution in [3.8, 4) is 0 Å². The lowest BCUT2D eigenvalue weighted by molar-refractivity contribution is 0.0730. The van der Waals surface area contributed by atoms with E-state index in [4.69, 9.17) is 0 Å². The van der Waals surface area contributed by atoms with Crippen molar-refractivity contribution in [3.05, 3.63) is 65.7 Å². The first-order valence-corrected chi connectivity index (χ1v) is 8.49. The third-order valence-electron chi connectivity index (χ3n) is 3.78. The molecular formula is C18H19NOS. The maximum absolute atomic E-state index is 12.7. The van der Waals surface area contributed by atoms with Crippen molar-refractivity contribution in [1.29, 1.82) is 0 Å². The molecular weight excluding hydrogens is 278 g/mol. The third-order valence-corrected chi connectivity index (χ3v) is 4.52. The number of carbonyl (C=O) groups is 1. The first-order chi connectivity index (χ1) is 10.3. The number of rotatable bonds is 5. The Morgan fingerprint density at radius 2 is 1.76 bits per heavy atom. The molecule has 0 saturated heterocycles. The van der Waals surface area contributed by atoms with E-state index in [-0.39, 0.29) is 5.91 Å². The summed E-state index contributed by atoms with van der Waals surface area (Å²) in [5, 5.41) is 0. The summed E-state index contributed by atoms with van der Waals surface area (Å²) in [7, 11) is 0. The Labute approximate surface area is 130 Å². The van der Waals surface area contributed by atoms with E-state index in [0.29, 0.717) is 12.6 Å². The summed E-state index contributed by atoms with van der Waals surface area (Å²) in [5.74, 6) is 0.147. The predicted octanol–water partition coefficient (Wildman–Crippen LogP) is 4.21. The molecule has 0 aliphatic heterocycles. The summed E-state index contributed by atoms with van der Waals surface area (Å²) in [5.41, 5.74) is 1.98. The van der Waals surface area contributed by atoms with Crippen molar-refractivity contribution in [2.75, 3.05) is 6.26 Å². The van der Waals surface area contributed by atoms with E-state index in [0.717, 1.165) is 18.4 Å². The number of thioether (sulfide) groups is 1. The molecule has 108 valence electrons. The first kappa shape index (κ1) is 14.2. The van der Waals surface area contributed by atoms with Gasteiger partial charge in [0, 0.05) is 23.0 Å². The standard InChI is InChI=1S/C18H19NOS/c1-21-17-11-7-15(8-12-17)18(20)19(16-9-10-16)13-14-5-3-2-4-6-14/h2-8,11-12,16H,9-10,13H2,1H3. The molecule has 3 heteroatoms. The van der Waals surface area contributed by atoms with E-state index < -0.39 is 0 Å². The Kier molecular flexibility index (Phi) is 4.30. The van der Waals surface area contributed by atoms with Gasteiger partial charge >= 0.3 is 0 Å². The van der Waals surface area contributed by atoms with Crippen molar-refractivity contribution in [1.82, 2.24) is 4.90 Å². The maximum Gasteiger partial charge on any atom is 0.254 e. The van der Waals surface area contributed by atoms with Crippen molar-refractivity contribution < 1.29 is 4.79 Å².